The van der Waals surface area contributed by atoms with Crippen LogP contribution in [0.2, 0.25) is 0 Å². The number of pyridine rings is 2. The molecule has 2 aromatic rings. The van der Waals surface area contributed by atoms with Gasteiger partial charge in [-0.25, -0.2) is 9.97 Å². The van der Waals surface area contributed by atoms with E-state index in [0.29, 0.717) is 23.8 Å². The third-order valence-corrected chi connectivity index (χ3v) is 4.59. The summed E-state index contributed by atoms with van der Waals surface area (Å²) in [5.41, 5.74) is 6.31. The molecule has 0 saturated heterocycles. The maximum absolute atomic E-state index is 12.5. The van der Waals surface area contributed by atoms with E-state index in [1.54, 1.807) is 18.3 Å². The number of fused-ring (bicyclic) bond motifs is 1. The Morgan fingerprint density at radius 2 is 2.19 bits per heavy atom. The van der Waals surface area contributed by atoms with E-state index in [4.69, 9.17) is 11.0 Å². The monoisotopic (exact) mass is 352 g/mol. The van der Waals surface area contributed by atoms with Crippen LogP contribution in [0.3, 0.4) is 0 Å². The Bertz CT molecular complexity index is 857. The van der Waals surface area contributed by atoms with Gasteiger partial charge in [0, 0.05) is 35.0 Å². The van der Waals surface area contributed by atoms with E-state index >= 15 is 0 Å². The molecule has 1 fully saturated rings. The molecule has 2 atom stereocenters. The lowest BCUT2D eigenvalue weighted by molar-refractivity contribution is -0.120. The fourth-order valence-corrected chi connectivity index (χ4v) is 3.35. The van der Waals surface area contributed by atoms with Gasteiger partial charge in [-0.1, -0.05) is 6.42 Å². The Morgan fingerprint density at radius 1 is 1.38 bits per heavy atom. The van der Waals surface area contributed by atoms with Crippen LogP contribution < -0.4 is 16.4 Å². The highest BCUT2D eigenvalue weighted by Crippen LogP contribution is 2.27. The van der Waals surface area contributed by atoms with Crippen molar-refractivity contribution >= 4 is 28.3 Å². The van der Waals surface area contributed by atoms with Gasteiger partial charge in [-0.05, 0) is 45.2 Å². The fourth-order valence-electron chi connectivity index (χ4n) is 3.35. The van der Waals surface area contributed by atoms with E-state index in [0.717, 1.165) is 30.0 Å². The molecule has 1 aliphatic carbocycles. The first-order valence-corrected chi connectivity index (χ1v) is 9.00. The van der Waals surface area contributed by atoms with Crippen molar-refractivity contribution in [3.63, 3.8) is 0 Å². The van der Waals surface area contributed by atoms with E-state index in [-0.39, 0.29) is 23.9 Å². The Kier molecular flexibility index (Phi) is 5.33. The molecule has 0 bridgehead atoms. The molecule has 1 saturated carbocycles. The predicted octanol–water partition coefficient (Wildman–Crippen LogP) is 2.78. The third-order valence-electron chi connectivity index (χ3n) is 4.59. The molecular formula is C19H24N6O. The average Bonchev–Trinajstić information content (AvgIpc) is 2.61. The number of nitrogens with one attached hydrogen (secondary N) is 2. The van der Waals surface area contributed by atoms with Gasteiger partial charge in [0.05, 0.1) is 0 Å². The zero-order chi connectivity index (χ0) is 18.7. The van der Waals surface area contributed by atoms with E-state index in [2.05, 4.69) is 26.7 Å². The number of nitriles is 1. The molecular weight excluding hydrogens is 328 g/mol. The zero-order valence-electron chi connectivity index (χ0n) is 15.1. The molecule has 2 heterocycles. The first kappa shape index (κ1) is 18.1. The van der Waals surface area contributed by atoms with Crippen LogP contribution in [0.1, 0.15) is 45.2 Å². The first-order valence-electron chi connectivity index (χ1n) is 9.00. The van der Waals surface area contributed by atoms with Gasteiger partial charge in [-0.2, -0.15) is 5.26 Å². The van der Waals surface area contributed by atoms with Gasteiger partial charge >= 0.3 is 0 Å². The molecule has 1 amide bonds. The van der Waals surface area contributed by atoms with Gasteiger partial charge in [0.15, 0.2) is 0 Å². The van der Waals surface area contributed by atoms with Crippen LogP contribution in [0, 0.1) is 17.2 Å². The van der Waals surface area contributed by atoms with Crippen molar-refractivity contribution < 1.29 is 4.79 Å². The molecule has 3 rings (SSSR count). The highest BCUT2D eigenvalue weighted by molar-refractivity contribution is 5.97. The molecule has 0 spiro atoms. The summed E-state index contributed by atoms with van der Waals surface area (Å²) in [6.45, 7) is 4.01. The topological polar surface area (TPSA) is 117 Å². The highest BCUT2D eigenvalue weighted by Gasteiger charge is 2.25. The Labute approximate surface area is 153 Å². The molecule has 7 heteroatoms. The second-order valence-electron chi connectivity index (χ2n) is 7.17. The smallest absolute Gasteiger partial charge is 0.228 e. The van der Waals surface area contributed by atoms with E-state index < -0.39 is 0 Å². The minimum absolute atomic E-state index is 0.0352. The van der Waals surface area contributed by atoms with Crippen molar-refractivity contribution in [2.24, 2.45) is 11.7 Å². The number of hydrogen-bond donors (Lipinski definition) is 3. The molecule has 136 valence electrons. The Balaban J connectivity index is 1.88. The summed E-state index contributed by atoms with van der Waals surface area (Å²) in [7, 11) is 0. The minimum Gasteiger partial charge on any atom is -0.367 e. The van der Waals surface area contributed by atoms with Crippen molar-refractivity contribution in [2.45, 2.75) is 51.6 Å². The number of anilines is 2. The number of amides is 1. The summed E-state index contributed by atoms with van der Waals surface area (Å²) in [6.07, 6.45) is 5.20. The second kappa shape index (κ2) is 7.67. The summed E-state index contributed by atoms with van der Waals surface area (Å²) in [5, 5.41) is 17.0. The van der Waals surface area contributed by atoms with Crippen LogP contribution in [0.25, 0.3) is 10.8 Å². The number of nitrogens with zero attached hydrogens (tertiary/aromatic N) is 3. The van der Waals surface area contributed by atoms with E-state index in [9.17, 15) is 4.79 Å². The molecule has 1 aliphatic rings. The van der Waals surface area contributed by atoms with Crippen LogP contribution in [-0.4, -0.2) is 28.0 Å². The number of carbonyl (C=O) groups excluding carboxylic acids is 1. The maximum Gasteiger partial charge on any atom is 0.228 e. The average molecular weight is 352 g/mol. The largest absolute Gasteiger partial charge is 0.367 e. The van der Waals surface area contributed by atoms with Crippen LogP contribution in [0.15, 0.2) is 18.3 Å². The molecule has 7 nitrogen and oxygen atoms in total. The van der Waals surface area contributed by atoms with Gasteiger partial charge in [0.2, 0.25) is 5.91 Å². The fraction of sp³-hybridized carbons (Fsp3) is 0.474. The van der Waals surface area contributed by atoms with Gasteiger partial charge in [0.1, 0.15) is 23.4 Å². The molecule has 1 unspecified atom stereocenters. The molecule has 0 radical (unpaired) electrons. The quantitative estimate of drug-likeness (QED) is 0.779. The lowest BCUT2D eigenvalue weighted by Crippen LogP contribution is -2.34. The van der Waals surface area contributed by atoms with Crippen molar-refractivity contribution in [3.05, 3.63) is 24.0 Å². The molecule has 4 N–H and O–H groups in total. The summed E-state index contributed by atoms with van der Waals surface area (Å²) >= 11 is 0. The number of rotatable bonds is 4. The van der Waals surface area contributed by atoms with Crippen LogP contribution in [0.4, 0.5) is 11.6 Å². The maximum atomic E-state index is 12.5. The number of aromatic nitrogens is 2. The van der Waals surface area contributed by atoms with Crippen molar-refractivity contribution in [3.8, 4) is 6.07 Å². The SMILES string of the molecule is CC(C)Nc1nc(C#N)cc2cnc(NC(=O)C3CCC[C@H](N)C3)cc12. The number of hydrogen-bond acceptors (Lipinski definition) is 6. The molecule has 2 aromatic heterocycles. The number of carbonyl (C=O) groups is 1. The lowest BCUT2D eigenvalue weighted by atomic mass is 9.85. The normalized spacial score (nSPS) is 20.0. The number of nitrogens with two attached hydrogens (primary N) is 1. The first-order chi connectivity index (χ1) is 12.5. The zero-order valence-corrected chi connectivity index (χ0v) is 15.1. The summed E-state index contributed by atoms with van der Waals surface area (Å²) < 4.78 is 0. The van der Waals surface area contributed by atoms with E-state index in [1.165, 1.54) is 0 Å². The van der Waals surface area contributed by atoms with Crippen LogP contribution >= 0.6 is 0 Å². The summed E-state index contributed by atoms with van der Waals surface area (Å²) in [5.74, 6) is 1.00. The van der Waals surface area contributed by atoms with Crippen LogP contribution in [-0.2, 0) is 4.79 Å². The molecule has 0 aromatic carbocycles. The Hall–Kier alpha value is -2.72. The Morgan fingerprint density at radius 3 is 2.88 bits per heavy atom. The van der Waals surface area contributed by atoms with Gasteiger partial charge < -0.3 is 16.4 Å². The highest BCUT2D eigenvalue weighted by atomic mass is 16.1. The molecule has 26 heavy (non-hydrogen) atoms. The van der Waals surface area contributed by atoms with Crippen molar-refractivity contribution in [1.82, 2.24) is 9.97 Å². The van der Waals surface area contributed by atoms with E-state index in [1.807, 2.05) is 13.8 Å². The van der Waals surface area contributed by atoms with Crippen LogP contribution in [0.5, 0.6) is 0 Å². The van der Waals surface area contributed by atoms with Crippen molar-refractivity contribution in [1.29, 1.82) is 5.26 Å². The van der Waals surface area contributed by atoms with Gasteiger partial charge in [-0.15, -0.1) is 0 Å². The third kappa shape index (κ3) is 4.09. The summed E-state index contributed by atoms with van der Waals surface area (Å²) in [6, 6.07) is 5.82. The van der Waals surface area contributed by atoms with Gasteiger partial charge in [0.25, 0.3) is 0 Å². The van der Waals surface area contributed by atoms with Gasteiger partial charge in [-0.3, -0.25) is 4.79 Å². The standard InChI is InChI=1S/C19H24N6O/c1-11(2)23-18-16-8-17(22-10-13(16)7-15(9-20)24-18)25-19(26)12-4-3-5-14(21)6-12/h7-8,10-12,14H,3-6,21H2,1-2H3,(H,23,24)(H,22,25,26)/t12?,14-/m0/s1. The second-order valence-corrected chi connectivity index (χ2v) is 7.17. The van der Waals surface area contributed by atoms with Crippen molar-refractivity contribution in [2.75, 3.05) is 10.6 Å². The minimum atomic E-state index is -0.0661. The predicted molar refractivity (Wildman–Crippen MR) is 102 cm³/mol. The lowest BCUT2D eigenvalue weighted by Gasteiger charge is -2.25. The molecule has 0 aliphatic heterocycles. The summed E-state index contributed by atoms with van der Waals surface area (Å²) in [4.78, 5) is 21.2.